The summed E-state index contributed by atoms with van der Waals surface area (Å²) in [7, 11) is 0.00852. The van der Waals surface area contributed by atoms with Gasteiger partial charge in [0.2, 0.25) is 0 Å². The summed E-state index contributed by atoms with van der Waals surface area (Å²) in [4.78, 5) is 60.6. The summed E-state index contributed by atoms with van der Waals surface area (Å²) in [5.74, 6) is -2.86. The summed E-state index contributed by atoms with van der Waals surface area (Å²) in [6.45, 7) is 13.9. The van der Waals surface area contributed by atoms with Crippen LogP contribution in [0.5, 0.6) is 0 Å². The van der Waals surface area contributed by atoms with Crippen LogP contribution in [0.1, 0.15) is 91.5 Å². The number of hydrogen-bond acceptors (Lipinski definition) is 14. The Morgan fingerprint density at radius 1 is 0.625 bits per heavy atom. The van der Waals surface area contributed by atoms with Gasteiger partial charge in [-0.05, 0) is 161 Å². The standard InChI is InChI=1S/C22H17FN6O.C21H17BrFN5O.C18H15P2S.2C2H4O2.CH3F.2CN.Pd.Zn/c1-2-20(14-7-8-26-16(9-14)10-24)28-22(30)19-11-25-13-21-18(19)12-27-29(21)17-5-3-15(23)4-6-17;1-2-18(13-7-8-25-20(22)9-13)27-21(29)17-10-24-12-19-16(17)11-26-28(19)15-5-3-14(23)4-6-15;21-19-20(16-10-4-1-5-11-16,17-12-6-2-7-13-17)18-14-8-3-9-15-18;2*1-2(3)4;3*1-2;;/h3-9,11-13,20H,2H2,1H3,(H,28,30);3-12,18H,2H2,1H3,(H,27,29);1-15H;2*1H3,(H,3,4);1H3;;;;/q;;+1;;;;2*-1;;+2/t20-;18-;;;;;;;;/m00......../s1/i;;;;;1D;;;;. The zero-order valence-corrected chi connectivity index (χ0v) is 60.5. The number of rotatable bonds is 14. The third-order valence-electron chi connectivity index (χ3n) is 13.0. The molecule has 0 fully saturated rings. The molecule has 19 nitrogen and oxygen atoms in total. The number of nitriles is 1. The van der Waals surface area contributed by atoms with Gasteiger partial charge in [-0.25, -0.2) is 28.1 Å². The molecule has 0 radical (unpaired) electrons. The van der Waals surface area contributed by atoms with Crippen molar-refractivity contribution in [2.75, 3.05) is 7.15 Å². The molecule has 6 heterocycles. The SMILES string of the molecule is CC(=O)O.CC(=O)O.CC[C@H](NC(=O)c1cncc2c1cnn2-c1ccc(F)cc1)c1ccnc(Br)c1.CC[C@H](NC(=O)c1cncc2c1cnn2-c1ccc(F)cc1)c1ccnc(C#N)c1.S=P[P+](c1ccccc1)(c1ccccc1)c1ccccc1.[2H]CF.[C-]#N.[C-]#N.[Pd].[Zn+2]. The number of aromatic nitrogens is 8. The number of carboxylic acids is 2. The minimum Gasteiger partial charge on any atom is -0.512 e. The van der Waals surface area contributed by atoms with Crippen molar-refractivity contribution in [1.82, 2.24) is 50.1 Å². The van der Waals surface area contributed by atoms with Crippen molar-refractivity contribution in [2.24, 2.45) is 0 Å². The van der Waals surface area contributed by atoms with Crippen LogP contribution in [0.25, 0.3) is 33.2 Å². The van der Waals surface area contributed by atoms with E-state index in [-0.39, 0.29) is 75.4 Å². The number of halogens is 4. The summed E-state index contributed by atoms with van der Waals surface area (Å²) >= 11 is 9.02. The number of carboxylic acid groups (broad SMARTS) is 2. The second-order valence-corrected chi connectivity index (χ2v) is 26.5. The first-order chi connectivity index (χ1) is 45.9. The Kier molecular flexibility index (Phi) is 36.6. The monoisotopic (exact) mass is 1560 g/mol. The number of nitrogens with one attached hydrogen (secondary N) is 2. The fourth-order valence-corrected chi connectivity index (χ4v) is 17.0. The molecule has 0 saturated heterocycles. The molecule has 0 spiro atoms. The van der Waals surface area contributed by atoms with Crippen LogP contribution in [-0.2, 0) is 61.3 Å². The number of amides is 2. The van der Waals surface area contributed by atoms with Crippen LogP contribution in [0.4, 0.5) is 13.2 Å². The second-order valence-electron chi connectivity index (χ2n) is 18.9. The van der Waals surface area contributed by atoms with Gasteiger partial charge in [0.1, 0.15) is 43.9 Å². The van der Waals surface area contributed by atoms with Gasteiger partial charge in [-0.1, -0.05) is 68.4 Å². The number of carbonyl (C=O) groups is 4. The van der Waals surface area contributed by atoms with Gasteiger partial charge in [0.05, 0.1) is 78.9 Å². The van der Waals surface area contributed by atoms with Gasteiger partial charge in [0.25, 0.3) is 23.8 Å². The molecule has 0 bridgehead atoms. The molecule has 4 N–H and O–H groups in total. The van der Waals surface area contributed by atoms with E-state index in [2.05, 4.69) is 148 Å². The predicted molar refractivity (Wildman–Crippen MR) is 363 cm³/mol. The molecule has 2 atom stereocenters. The average molecular weight is 1560 g/mol. The number of benzene rings is 5. The average Bonchev–Trinajstić information content (AvgIpc) is 1.16. The number of carbonyl (C=O) groups excluding carboxylic acids is 2. The maximum Gasteiger partial charge on any atom is 2.00 e. The summed E-state index contributed by atoms with van der Waals surface area (Å²) in [6, 6.07) is 52.8. The van der Waals surface area contributed by atoms with Gasteiger partial charge in [-0.3, -0.25) is 33.5 Å². The fraction of sp³-hybridized carbons (Fsp3) is 0.132. The van der Waals surface area contributed by atoms with Crippen molar-refractivity contribution in [2.45, 2.75) is 52.6 Å². The van der Waals surface area contributed by atoms with E-state index in [1.165, 1.54) is 52.6 Å². The number of hydrogen-bond donors (Lipinski definition) is 4. The molecular weight excluding hydrogens is 1500 g/mol. The quantitative estimate of drug-likeness (QED) is 0.0340. The molecule has 0 aliphatic carbocycles. The minimum atomic E-state index is -1.75. The summed E-state index contributed by atoms with van der Waals surface area (Å²) < 4.78 is 45.9. The van der Waals surface area contributed by atoms with Crippen LogP contribution in [-0.4, -0.2) is 80.6 Å². The van der Waals surface area contributed by atoms with E-state index in [1.807, 2.05) is 32.0 Å². The van der Waals surface area contributed by atoms with Gasteiger partial charge < -0.3 is 44.5 Å². The molecule has 11 aromatic rings. The Bertz CT molecular complexity index is 4240. The topological polar surface area (TPSA) is 291 Å². The molecule has 0 unspecified atom stereocenters. The van der Waals surface area contributed by atoms with E-state index in [0.29, 0.717) is 61.0 Å². The minimum absolute atomic E-state index is 0. The first kappa shape index (κ1) is 80.7. The van der Waals surface area contributed by atoms with Crippen molar-refractivity contribution < 1.29 is 83.8 Å². The van der Waals surface area contributed by atoms with Crippen LogP contribution in [0.2, 0.25) is 0 Å². The van der Waals surface area contributed by atoms with Crippen LogP contribution in [0.3, 0.4) is 0 Å². The first-order valence-electron chi connectivity index (χ1n) is 28.5. The molecule has 0 saturated carbocycles. The van der Waals surface area contributed by atoms with E-state index >= 15 is 0 Å². The van der Waals surface area contributed by atoms with Gasteiger partial charge in [0.15, 0.2) is 14.0 Å². The first-order valence-corrected chi connectivity index (χ1v) is 33.0. The Morgan fingerprint density at radius 2 is 0.969 bits per heavy atom. The molecule has 11 rings (SSSR count). The van der Waals surface area contributed by atoms with Gasteiger partial charge in [-0.15, -0.1) is 0 Å². The number of aliphatic carboxylic acids is 2. The van der Waals surface area contributed by atoms with E-state index < -0.39 is 26.0 Å². The van der Waals surface area contributed by atoms with Crippen LogP contribution < -0.4 is 26.5 Å². The smallest absolute Gasteiger partial charge is 0.512 e. The predicted octanol–water partition coefficient (Wildman–Crippen LogP) is 13.6. The number of pyridine rings is 4. The maximum absolute atomic E-state index is 13.2. The van der Waals surface area contributed by atoms with Gasteiger partial charge in [-0.2, -0.15) is 15.5 Å². The molecular formula is C68H60BrF3N13O6P2PdSZn+. The van der Waals surface area contributed by atoms with Crippen LogP contribution in [0.15, 0.2) is 218 Å². The number of alkyl halides is 1. The van der Waals surface area contributed by atoms with Crippen LogP contribution in [0, 0.1) is 46.6 Å². The second kappa shape index (κ2) is 43.5. The number of nitrogens with zero attached hydrogens (tertiary/aromatic N) is 11. The molecule has 488 valence electrons. The summed E-state index contributed by atoms with van der Waals surface area (Å²) in [5, 5.41) is 56.5. The van der Waals surface area contributed by atoms with Gasteiger partial charge in [0, 0.05) is 69.8 Å². The molecule has 0 aliphatic rings. The Morgan fingerprint density at radius 3 is 1.29 bits per heavy atom. The maximum atomic E-state index is 13.2. The summed E-state index contributed by atoms with van der Waals surface area (Å²) in [5.41, 5.74) is 5.54. The van der Waals surface area contributed by atoms with E-state index in [9.17, 15) is 22.8 Å². The molecule has 28 heteroatoms. The Balaban J connectivity index is 0.000000448. The van der Waals surface area contributed by atoms with Crippen molar-refractivity contribution in [3.05, 3.63) is 271 Å². The molecule has 5 aromatic carbocycles. The van der Waals surface area contributed by atoms with E-state index in [1.54, 1.807) is 82.9 Å². The normalized spacial score (nSPS) is 10.6. The molecule has 2 amide bonds. The van der Waals surface area contributed by atoms with Crippen LogP contribution >= 0.6 is 29.9 Å². The largest absolute Gasteiger partial charge is 2.00 e. The van der Waals surface area contributed by atoms with Gasteiger partial charge >= 0.3 is 19.5 Å². The zero-order valence-electron chi connectivity index (χ0n) is 52.8. The number of fused-ring (bicyclic) bond motifs is 2. The van der Waals surface area contributed by atoms with E-state index in [0.717, 1.165) is 38.4 Å². The Hall–Kier alpha value is -9.50. The third kappa shape index (κ3) is 23.2. The third-order valence-corrected chi connectivity index (χ3v) is 21.9. The van der Waals surface area contributed by atoms with Crippen molar-refractivity contribution >= 4 is 103 Å². The van der Waals surface area contributed by atoms with E-state index in [4.69, 9.17) is 61.9 Å². The molecule has 0 aliphatic heterocycles. The molecule has 6 aromatic heterocycles. The zero-order chi connectivity index (χ0) is 69.9. The molecule has 96 heavy (non-hydrogen) atoms. The van der Waals surface area contributed by atoms with Crippen molar-refractivity contribution in [3.63, 3.8) is 0 Å². The Labute approximate surface area is 596 Å². The fourth-order valence-electron chi connectivity index (χ4n) is 9.01. The van der Waals surface area contributed by atoms with Crippen molar-refractivity contribution in [3.8, 4) is 17.4 Å². The summed E-state index contributed by atoms with van der Waals surface area (Å²) in [6.07, 6.45) is 14.1. The van der Waals surface area contributed by atoms with Crippen molar-refractivity contribution in [1.29, 1.82) is 15.8 Å².